The standard InChI is InChI=1S/C13H24N2O2S/c1-17-6-5-15(11-4-7-18-9-11)13(16)12(14)8-10-2-3-10/h10-12H,2-9,14H2,1H3. The molecule has 1 saturated carbocycles. The molecule has 2 N–H and O–H groups in total. The predicted molar refractivity (Wildman–Crippen MR) is 74.6 cm³/mol. The van der Waals surface area contributed by atoms with Gasteiger partial charge in [0, 0.05) is 25.4 Å². The van der Waals surface area contributed by atoms with Crippen molar-refractivity contribution in [2.45, 2.75) is 37.8 Å². The van der Waals surface area contributed by atoms with Gasteiger partial charge in [-0.15, -0.1) is 0 Å². The van der Waals surface area contributed by atoms with Crippen molar-refractivity contribution in [3.63, 3.8) is 0 Å². The van der Waals surface area contributed by atoms with Crippen LogP contribution < -0.4 is 5.73 Å². The Bertz CT molecular complexity index is 278. The van der Waals surface area contributed by atoms with Crippen molar-refractivity contribution >= 4 is 17.7 Å². The third-order valence-corrected chi connectivity index (χ3v) is 4.91. The summed E-state index contributed by atoms with van der Waals surface area (Å²) in [4.78, 5) is 14.4. The van der Waals surface area contributed by atoms with E-state index >= 15 is 0 Å². The monoisotopic (exact) mass is 272 g/mol. The molecule has 2 rings (SSSR count). The maximum absolute atomic E-state index is 12.4. The van der Waals surface area contributed by atoms with Gasteiger partial charge in [0.1, 0.15) is 0 Å². The van der Waals surface area contributed by atoms with E-state index in [9.17, 15) is 4.79 Å². The summed E-state index contributed by atoms with van der Waals surface area (Å²) in [5, 5.41) is 0. The number of methoxy groups -OCH3 is 1. The van der Waals surface area contributed by atoms with E-state index in [0.29, 0.717) is 25.1 Å². The van der Waals surface area contributed by atoms with Gasteiger partial charge in [-0.05, 0) is 24.5 Å². The molecule has 18 heavy (non-hydrogen) atoms. The summed E-state index contributed by atoms with van der Waals surface area (Å²) in [5.41, 5.74) is 6.06. The number of nitrogens with two attached hydrogens (primary N) is 1. The number of carbonyl (C=O) groups is 1. The van der Waals surface area contributed by atoms with E-state index in [0.717, 1.165) is 24.3 Å². The second-order valence-corrected chi connectivity index (χ2v) is 6.48. The van der Waals surface area contributed by atoms with Gasteiger partial charge in [0.15, 0.2) is 0 Å². The first-order valence-electron chi connectivity index (χ1n) is 6.85. The van der Waals surface area contributed by atoms with Crippen LogP contribution in [0.1, 0.15) is 25.7 Å². The van der Waals surface area contributed by atoms with Crippen molar-refractivity contribution in [2.24, 2.45) is 11.7 Å². The van der Waals surface area contributed by atoms with Crippen molar-refractivity contribution in [3.8, 4) is 0 Å². The summed E-state index contributed by atoms with van der Waals surface area (Å²) < 4.78 is 5.11. The molecule has 1 saturated heterocycles. The van der Waals surface area contributed by atoms with Crippen LogP contribution in [0.3, 0.4) is 0 Å². The maximum atomic E-state index is 12.4. The largest absolute Gasteiger partial charge is 0.383 e. The molecule has 2 unspecified atom stereocenters. The molecule has 2 atom stereocenters. The van der Waals surface area contributed by atoms with Crippen molar-refractivity contribution < 1.29 is 9.53 Å². The second kappa shape index (κ2) is 6.78. The van der Waals surface area contributed by atoms with Crippen LogP contribution in [0.5, 0.6) is 0 Å². The van der Waals surface area contributed by atoms with E-state index in [4.69, 9.17) is 10.5 Å². The summed E-state index contributed by atoms with van der Waals surface area (Å²) in [6.07, 6.45) is 4.45. The number of hydrogen-bond donors (Lipinski definition) is 1. The Morgan fingerprint density at radius 3 is 2.83 bits per heavy atom. The Morgan fingerprint density at radius 2 is 2.28 bits per heavy atom. The van der Waals surface area contributed by atoms with Crippen LogP contribution in [0.15, 0.2) is 0 Å². The van der Waals surface area contributed by atoms with E-state index in [1.54, 1.807) is 7.11 Å². The van der Waals surface area contributed by atoms with Crippen LogP contribution in [0, 0.1) is 5.92 Å². The molecular formula is C13H24N2O2S. The third-order valence-electron chi connectivity index (χ3n) is 3.77. The molecule has 4 nitrogen and oxygen atoms in total. The molecule has 0 spiro atoms. The van der Waals surface area contributed by atoms with E-state index in [1.165, 1.54) is 12.8 Å². The molecule has 1 aliphatic carbocycles. The Kier molecular flexibility index (Phi) is 5.33. The van der Waals surface area contributed by atoms with Gasteiger partial charge < -0.3 is 15.4 Å². The van der Waals surface area contributed by atoms with Crippen LogP contribution in [-0.2, 0) is 9.53 Å². The summed E-state index contributed by atoms with van der Waals surface area (Å²) in [6, 6.07) is 0.0582. The Balaban J connectivity index is 1.89. The van der Waals surface area contributed by atoms with E-state index in [2.05, 4.69) is 0 Å². The number of nitrogens with zero attached hydrogens (tertiary/aromatic N) is 1. The van der Waals surface area contributed by atoms with Crippen molar-refractivity contribution in [1.29, 1.82) is 0 Å². The fourth-order valence-corrected chi connectivity index (χ4v) is 3.68. The van der Waals surface area contributed by atoms with Gasteiger partial charge in [-0.2, -0.15) is 11.8 Å². The van der Waals surface area contributed by atoms with Crippen molar-refractivity contribution in [1.82, 2.24) is 4.90 Å². The minimum Gasteiger partial charge on any atom is -0.383 e. The molecule has 0 aromatic rings. The normalized spacial score (nSPS) is 25.1. The lowest BCUT2D eigenvalue weighted by atomic mass is 10.1. The van der Waals surface area contributed by atoms with Crippen LogP contribution in [0.25, 0.3) is 0 Å². The smallest absolute Gasteiger partial charge is 0.239 e. The third kappa shape index (κ3) is 3.87. The average molecular weight is 272 g/mol. The molecule has 1 heterocycles. The predicted octanol–water partition coefficient (Wildman–Crippen LogP) is 1.09. The topological polar surface area (TPSA) is 55.6 Å². The highest BCUT2D eigenvalue weighted by Crippen LogP contribution is 2.33. The molecule has 0 aromatic heterocycles. The zero-order chi connectivity index (χ0) is 13.0. The number of ether oxygens (including phenoxy) is 1. The van der Waals surface area contributed by atoms with Gasteiger partial charge in [-0.1, -0.05) is 12.8 Å². The SMILES string of the molecule is COCCN(C(=O)C(N)CC1CC1)C1CCSC1. The Hall–Kier alpha value is -0.260. The maximum Gasteiger partial charge on any atom is 0.239 e. The molecule has 2 fully saturated rings. The highest BCUT2D eigenvalue weighted by atomic mass is 32.2. The van der Waals surface area contributed by atoms with Crippen molar-refractivity contribution in [2.75, 3.05) is 31.8 Å². The van der Waals surface area contributed by atoms with Crippen LogP contribution in [0.2, 0.25) is 0 Å². The highest BCUT2D eigenvalue weighted by molar-refractivity contribution is 7.99. The lowest BCUT2D eigenvalue weighted by Gasteiger charge is -2.30. The molecular weight excluding hydrogens is 248 g/mol. The summed E-state index contributed by atoms with van der Waals surface area (Å²) >= 11 is 1.92. The van der Waals surface area contributed by atoms with Gasteiger partial charge >= 0.3 is 0 Å². The first kappa shape index (κ1) is 14.2. The number of rotatable bonds is 7. The molecule has 0 bridgehead atoms. The van der Waals surface area contributed by atoms with Crippen LogP contribution >= 0.6 is 11.8 Å². The fourth-order valence-electron chi connectivity index (χ4n) is 2.46. The first-order chi connectivity index (χ1) is 8.72. The molecule has 2 aliphatic rings. The molecule has 0 aromatic carbocycles. The molecule has 104 valence electrons. The van der Waals surface area contributed by atoms with E-state index < -0.39 is 0 Å². The fraction of sp³-hybridized carbons (Fsp3) is 0.923. The van der Waals surface area contributed by atoms with Crippen LogP contribution in [-0.4, -0.2) is 54.7 Å². The summed E-state index contributed by atoms with van der Waals surface area (Å²) in [7, 11) is 1.68. The first-order valence-corrected chi connectivity index (χ1v) is 8.00. The number of thioether (sulfide) groups is 1. The van der Waals surface area contributed by atoms with Crippen molar-refractivity contribution in [3.05, 3.63) is 0 Å². The number of hydrogen-bond acceptors (Lipinski definition) is 4. The average Bonchev–Trinajstić information content (AvgIpc) is 3.01. The van der Waals surface area contributed by atoms with Crippen LogP contribution in [0.4, 0.5) is 0 Å². The zero-order valence-electron chi connectivity index (χ0n) is 11.1. The Morgan fingerprint density at radius 1 is 1.50 bits per heavy atom. The van der Waals surface area contributed by atoms with Gasteiger partial charge in [0.2, 0.25) is 5.91 Å². The van der Waals surface area contributed by atoms with E-state index in [-0.39, 0.29) is 11.9 Å². The second-order valence-electron chi connectivity index (χ2n) is 5.33. The number of amides is 1. The van der Waals surface area contributed by atoms with Gasteiger partial charge in [0.05, 0.1) is 12.6 Å². The molecule has 1 amide bonds. The highest BCUT2D eigenvalue weighted by Gasteiger charge is 2.33. The zero-order valence-corrected chi connectivity index (χ0v) is 12.0. The molecule has 0 radical (unpaired) electrons. The minimum atomic E-state index is -0.306. The molecule has 1 aliphatic heterocycles. The Labute approximate surface area is 114 Å². The molecule has 5 heteroatoms. The van der Waals surface area contributed by atoms with Gasteiger partial charge in [-0.25, -0.2) is 0 Å². The van der Waals surface area contributed by atoms with Gasteiger partial charge in [0.25, 0.3) is 0 Å². The summed E-state index contributed by atoms with van der Waals surface area (Å²) in [6.45, 7) is 1.28. The van der Waals surface area contributed by atoms with E-state index in [1.807, 2.05) is 16.7 Å². The number of carbonyl (C=O) groups excluding carboxylic acids is 1. The van der Waals surface area contributed by atoms with Gasteiger partial charge in [-0.3, -0.25) is 4.79 Å². The quantitative estimate of drug-likeness (QED) is 0.754. The summed E-state index contributed by atoms with van der Waals surface area (Å²) in [5.74, 6) is 3.03. The lowest BCUT2D eigenvalue weighted by molar-refractivity contribution is -0.135. The lowest BCUT2D eigenvalue weighted by Crippen LogP contribution is -2.50. The minimum absolute atomic E-state index is 0.131.